The van der Waals surface area contributed by atoms with Crippen molar-refractivity contribution in [3.8, 4) is 0 Å². The molecule has 34 heavy (non-hydrogen) atoms. The van der Waals surface area contributed by atoms with Crippen molar-refractivity contribution in [2.45, 2.75) is 6.92 Å². The Hall–Kier alpha value is -0.380. The first-order valence-electron chi connectivity index (χ1n) is 11.8. The smallest absolute Gasteiger partial charge is 0.185 e. The minimum atomic E-state index is 0.108. The molecule has 204 valence electrons. The fourth-order valence-corrected chi connectivity index (χ4v) is 2.68. The number of carbonyl (C=O) groups excluding carboxylic acids is 1. The van der Waals surface area contributed by atoms with Gasteiger partial charge in [-0.05, 0) is 0 Å². The molecule has 0 radical (unpaired) electrons. The van der Waals surface area contributed by atoms with Gasteiger partial charge in [0.2, 0.25) is 0 Å². The quantitative estimate of drug-likeness (QED) is 0.138. The van der Waals surface area contributed by atoms with Crippen LogP contribution in [0.5, 0.6) is 0 Å². The van der Waals surface area contributed by atoms with Crippen LogP contribution in [0.3, 0.4) is 0 Å². The van der Waals surface area contributed by atoms with Crippen LogP contribution in [0, 0.1) is 0 Å². The van der Waals surface area contributed by atoms with Gasteiger partial charge in [-0.1, -0.05) is 11.8 Å². The van der Waals surface area contributed by atoms with Gasteiger partial charge in [-0.3, -0.25) is 4.79 Å². The van der Waals surface area contributed by atoms with Gasteiger partial charge in [-0.2, -0.15) is 0 Å². The van der Waals surface area contributed by atoms with E-state index < -0.39 is 0 Å². The Balaban J connectivity index is 3.01. The van der Waals surface area contributed by atoms with E-state index in [0.717, 1.165) is 0 Å². The molecule has 12 heteroatoms. The maximum atomic E-state index is 10.7. The van der Waals surface area contributed by atoms with Crippen LogP contribution in [0.4, 0.5) is 0 Å². The number of nitrogens with two attached hydrogens (primary N) is 1. The van der Waals surface area contributed by atoms with Crippen LogP contribution in [0.15, 0.2) is 0 Å². The number of hydrogen-bond acceptors (Lipinski definition) is 12. The molecule has 2 N–H and O–H groups in total. The summed E-state index contributed by atoms with van der Waals surface area (Å²) in [5.41, 5.74) is 5.31. The lowest BCUT2D eigenvalue weighted by molar-refractivity contribution is -0.109. The Morgan fingerprint density at radius 3 is 0.941 bits per heavy atom. The van der Waals surface area contributed by atoms with Crippen LogP contribution in [0.25, 0.3) is 0 Å². The molecule has 0 saturated heterocycles. The van der Waals surface area contributed by atoms with Gasteiger partial charge in [-0.15, -0.1) is 0 Å². The molecule has 0 aliphatic rings. The van der Waals surface area contributed by atoms with Gasteiger partial charge in [0.25, 0.3) is 0 Å². The van der Waals surface area contributed by atoms with Gasteiger partial charge in [-0.25, -0.2) is 0 Å². The van der Waals surface area contributed by atoms with Crippen molar-refractivity contribution in [2.75, 3.05) is 131 Å². The Kier molecular flexibility index (Phi) is 30.3. The highest BCUT2D eigenvalue weighted by Gasteiger charge is 1.96. The van der Waals surface area contributed by atoms with Gasteiger partial charge in [0.1, 0.15) is 0 Å². The predicted octanol–water partition coefficient (Wildman–Crippen LogP) is 0.374. The molecule has 0 fully saturated rings. The first kappa shape index (κ1) is 33.6. The summed E-state index contributed by atoms with van der Waals surface area (Å²) in [7, 11) is 0. The zero-order valence-electron chi connectivity index (χ0n) is 20.7. The molecule has 0 aromatic carbocycles. The van der Waals surface area contributed by atoms with Gasteiger partial charge in [0.15, 0.2) is 5.12 Å². The summed E-state index contributed by atoms with van der Waals surface area (Å²) in [4.78, 5) is 10.7. The summed E-state index contributed by atoms with van der Waals surface area (Å²) >= 11 is 1.26. The van der Waals surface area contributed by atoms with Gasteiger partial charge < -0.3 is 48.4 Å². The summed E-state index contributed by atoms with van der Waals surface area (Å²) in [6, 6.07) is 0. The first-order valence-corrected chi connectivity index (χ1v) is 12.8. The summed E-state index contributed by atoms with van der Waals surface area (Å²) < 4.78 is 48.4. The van der Waals surface area contributed by atoms with E-state index >= 15 is 0 Å². The molecule has 0 heterocycles. The van der Waals surface area contributed by atoms with Crippen LogP contribution < -0.4 is 5.73 Å². The Bertz CT molecular complexity index is 410. The lowest BCUT2D eigenvalue weighted by atomic mass is 10.6. The second kappa shape index (κ2) is 30.7. The zero-order chi connectivity index (χ0) is 24.8. The van der Waals surface area contributed by atoms with E-state index in [2.05, 4.69) is 0 Å². The summed E-state index contributed by atoms with van der Waals surface area (Å²) in [5.74, 6) is 0.678. The van der Waals surface area contributed by atoms with E-state index in [1.807, 2.05) is 0 Å². The van der Waals surface area contributed by atoms with Gasteiger partial charge in [0, 0.05) is 19.2 Å². The maximum Gasteiger partial charge on any atom is 0.185 e. The van der Waals surface area contributed by atoms with Crippen molar-refractivity contribution in [1.82, 2.24) is 0 Å². The van der Waals surface area contributed by atoms with Crippen molar-refractivity contribution in [3.63, 3.8) is 0 Å². The highest BCUT2D eigenvalue weighted by molar-refractivity contribution is 8.13. The van der Waals surface area contributed by atoms with Crippen LogP contribution in [-0.4, -0.2) is 136 Å². The van der Waals surface area contributed by atoms with Crippen molar-refractivity contribution < 1.29 is 47.4 Å². The molecule has 0 unspecified atom stereocenters. The predicted molar refractivity (Wildman–Crippen MR) is 130 cm³/mol. The number of thioether (sulfide) groups is 1. The van der Waals surface area contributed by atoms with E-state index in [4.69, 9.17) is 48.4 Å². The minimum absolute atomic E-state index is 0.108. The van der Waals surface area contributed by atoms with Crippen LogP contribution in [0.2, 0.25) is 0 Å². The third kappa shape index (κ3) is 31.6. The van der Waals surface area contributed by atoms with Crippen molar-refractivity contribution in [1.29, 1.82) is 0 Å². The Morgan fingerprint density at radius 2 is 0.706 bits per heavy atom. The SMILES string of the molecule is CC(=O)SCCOCCOCCOCCOCCOCCOCCOCCOCCOCCN. The third-order valence-electron chi connectivity index (χ3n) is 3.77. The molecule has 0 amide bonds. The molecule has 0 aromatic heterocycles. The van der Waals surface area contributed by atoms with E-state index in [1.165, 1.54) is 11.8 Å². The normalized spacial score (nSPS) is 11.4. The maximum absolute atomic E-state index is 10.7. The Morgan fingerprint density at radius 1 is 0.471 bits per heavy atom. The van der Waals surface area contributed by atoms with Gasteiger partial charge >= 0.3 is 0 Å². The number of rotatable bonds is 29. The molecular formula is C22H45NO10S. The molecule has 0 aliphatic carbocycles. The third-order valence-corrected chi connectivity index (χ3v) is 4.55. The largest absolute Gasteiger partial charge is 0.378 e. The highest BCUT2D eigenvalue weighted by atomic mass is 32.2. The van der Waals surface area contributed by atoms with Gasteiger partial charge in [0.05, 0.1) is 119 Å². The molecule has 0 aliphatic heterocycles. The van der Waals surface area contributed by atoms with Crippen molar-refractivity contribution in [2.24, 2.45) is 5.73 Å². The fraction of sp³-hybridized carbons (Fsp3) is 0.955. The zero-order valence-corrected chi connectivity index (χ0v) is 21.5. The molecule has 0 atom stereocenters. The van der Waals surface area contributed by atoms with Crippen LogP contribution in [0.1, 0.15) is 6.92 Å². The van der Waals surface area contributed by atoms with Crippen molar-refractivity contribution >= 4 is 16.9 Å². The fourth-order valence-electron chi connectivity index (χ4n) is 2.19. The van der Waals surface area contributed by atoms with Crippen LogP contribution in [-0.2, 0) is 47.4 Å². The average Bonchev–Trinajstić information content (AvgIpc) is 2.83. The minimum Gasteiger partial charge on any atom is -0.378 e. The second-order valence-electron chi connectivity index (χ2n) is 6.64. The summed E-state index contributed by atoms with van der Waals surface area (Å²) in [6.45, 7) is 11.5. The average molecular weight is 516 g/mol. The molecule has 0 aromatic rings. The monoisotopic (exact) mass is 515 g/mol. The summed E-state index contributed by atoms with van der Waals surface area (Å²) in [6.07, 6.45) is 0. The van der Waals surface area contributed by atoms with Crippen LogP contribution >= 0.6 is 11.8 Å². The molecule has 0 rings (SSSR count). The van der Waals surface area contributed by atoms with Crippen molar-refractivity contribution in [3.05, 3.63) is 0 Å². The van der Waals surface area contributed by atoms with E-state index in [-0.39, 0.29) is 5.12 Å². The lowest BCUT2D eigenvalue weighted by Gasteiger charge is -2.08. The number of ether oxygens (including phenoxy) is 9. The molecule has 0 bridgehead atoms. The highest BCUT2D eigenvalue weighted by Crippen LogP contribution is 1.99. The van der Waals surface area contributed by atoms with E-state index in [9.17, 15) is 4.79 Å². The Labute approximate surface area is 208 Å². The topological polar surface area (TPSA) is 126 Å². The second-order valence-corrected chi connectivity index (χ2v) is 7.91. The number of hydrogen-bond donors (Lipinski definition) is 1. The van der Waals surface area contributed by atoms with E-state index in [0.29, 0.717) is 131 Å². The van der Waals surface area contributed by atoms with E-state index in [1.54, 1.807) is 6.92 Å². The number of carbonyl (C=O) groups is 1. The lowest BCUT2D eigenvalue weighted by Crippen LogP contribution is -2.15. The standard InChI is InChI=1S/C22H45NO10S/c1-22(24)34-21-20-33-19-18-32-17-16-31-15-14-30-13-12-29-11-10-28-9-8-27-7-6-26-5-4-25-3-2-23/h2-21,23H2,1H3. The molecule has 11 nitrogen and oxygen atoms in total. The molecular weight excluding hydrogens is 470 g/mol. The molecule has 0 saturated carbocycles. The summed E-state index contributed by atoms with van der Waals surface area (Å²) in [5, 5.41) is 0.108. The first-order chi connectivity index (χ1) is 16.8. The molecule has 0 spiro atoms.